The molecule has 0 amide bonds. The van der Waals surface area contributed by atoms with E-state index in [2.05, 4.69) is 58.0 Å². The van der Waals surface area contributed by atoms with Crippen LogP contribution in [0.4, 0.5) is 17.5 Å². The van der Waals surface area contributed by atoms with E-state index in [1.54, 1.807) is 6.33 Å². The Hall–Kier alpha value is -2.94. The van der Waals surface area contributed by atoms with E-state index in [9.17, 15) is 0 Å². The molecule has 28 heavy (non-hydrogen) atoms. The SMILES string of the molecule is Cc1cc2ncnc(N3CCN(c4ccc(N5CCOCC5)nn4)CC3)c2[nH]1. The number of aromatic amines is 1. The third-order valence-corrected chi connectivity index (χ3v) is 5.41. The van der Waals surface area contributed by atoms with Gasteiger partial charge >= 0.3 is 0 Å². The summed E-state index contributed by atoms with van der Waals surface area (Å²) in [4.78, 5) is 19.1. The Morgan fingerprint density at radius 3 is 2.18 bits per heavy atom. The molecule has 0 aromatic carbocycles. The number of aromatic nitrogens is 5. The average molecular weight is 380 g/mol. The van der Waals surface area contributed by atoms with E-state index in [0.717, 1.165) is 86.7 Å². The zero-order valence-electron chi connectivity index (χ0n) is 16.0. The molecule has 0 unspecified atom stereocenters. The van der Waals surface area contributed by atoms with Crippen molar-refractivity contribution in [2.75, 3.05) is 67.2 Å². The van der Waals surface area contributed by atoms with Crippen LogP contribution >= 0.6 is 0 Å². The molecule has 1 N–H and O–H groups in total. The molecule has 0 saturated carbocycles. The number of nitrogens with zero attached hydrogens (tertiary/aromatic N) is 7. The molecule has 0 bridgehead atoms. The van der Waals surface area contributed by atoms with Gasteiger partial charge in [0.2, 0.25) is 0 Å². The Bertz CT molecular complexity index is 942. The Balaban J connectivity index is 1.26. The molecule has 2 aliphatic rings. The lowest BCUT2D eigenvalue weighted by Gasteiger charge is -2.36. The van der Waals surface area contributed by atoms with Crippen LogP contribution in [0.5, 0.6) is 0 Å². The molecule has 0 aliphatic carbocycles. The van der Waals surface area contributed by atoms with E-state index in [1.165, 1.54) is 0 Å². The van der Waals surface area contributed by atoms with Crippen LogP contribution in [-0.4, -0.2) is 77.6 Å². The van der Waals surface area contributed by atoms with E-state index in [0.29, 0.717) is 0 Å². The third-order valence-electron chi connectivity index (χ3n) is 5.41. The number of ether oxygens (including phenoxy) is 1. The molecule has 5 rings (SSSR count). The maximum atomic E-state index is 5.40. The van der Waals surface area contributed by atoms with Crippen molar-refractivity contribution in [3.05, 3.63) is 30.2 Å². The number of hydrogen-bond donors (Lipinski definition) is 1. The number of fused-ring (bicyclic) bond motifs is 1. The van der Waals surface area contributed by atoms with Gasteiger partial charge in [0.1, 0.15) is 11.8 Å². The van der Waals surface area contributed by atoms with Gasteiger partial charge in [0.05, 0.1) is 18.7 Å². The van der Waals surface area contributed by atoms with Gasteiger partial charge < -0.3 is 24.4 Å². The summed E-state index contributed by atoms with van der Waals surface area (Å²) in [6.45, 7) is 8.84. The summed E-state index contributed by atoms with van der Waals surface area (Å²) in [5.74, 6) is 2.84. The number of hydrogen-bond acceptors (Lipinski definition) is 8. The number of rotatable bonds is 3. The zero-order chi connectivity index (χ0) is 18.9. The second-order valence-corrected chi connectivity index (χ2v) is 7.23. The smallest absolute Gasteiger partial charge is 0.156 e. The Morgan fingerprint density at radius 1 is 0.857 bits per heavy atom. The number of H-pyrrole nitrogens is 1. The van der Waals surface area contributed by atoms with Gasteiger partial charge in [0.15, 0.2) is 17.5 Å². The van der Waals surface area contributed by atoms with Gasteiger partial charge in [0, 0.05) is 45.0 Å². The molecular formula is C19H24N8O. The fourth-order valence-corrected chi connectivity index (χ4v) is 3.89. The van der Waals surface area contributed by atoms with Crippen molar-refractivity contribution < 1.29 is 4.74 Å². The number of nitrogens with one attached hydrogen (secondary N) is 1. The maximum Gasteiger partial charge on any atom is 0.156 e. The lowest BCUT2D eigenvalue weighted by molar-refractivity contribution is 0.122. The van der Waals surface area contributed by atoms with Crippen molar-refractivity contribution in [1.82, 2.24) is 25.1 Å². The first-order valence-corrected chi connectivity index (χ1v) is 9.74. The molecule has 3 aromatic rings. The fourth-order valence-electron chi connectivity index (χ4n) is 3.89. The standard InChI is InChI=1S/C19H24N8O/c1-14-12-15-18(22-14)19(21-13-20-15)27-6-4-25(5-7-27)16-2-3-17(24-23-16)26-8-10-28-11-9-26/h2-3,12-13,22H,4-11H2,1H3. The highest BCUT2D eigenvalue weighted by Crippen LogP contribution is 2.25. The summed E-state index contributed by atoms with van der Waals surface area (Å²) in [6, 6.07) is 6.20. The first-order valence-electron chi connectivity index (χ1n) is 9.74. The van der Waals surface area contributed by atoms with Crippen LogP contribution in [0.3, 0.4) is 0 Å². The lowest BCUT2D eigenvalue weighted by atomic mass is 10.3. The Kier molecular flexibility index (Phi) is 4.44. The third kappa shape index (κ3) is 3.22. The summed E-state index contributed by atoms with van der Waals surface area (Å²) in [6.07, 6.45) is 1.65. The van der Waals surface area contributed by atoms with Crippen LogP contribution < -0.4 is 14.7 Å². The van der Waals surface area contributed by atoms with E-state index in [4.69, 9.17) is 4.74 Å². The molecule has 9 nitrogen and oxygen atoms in total. The monoisotopic (exact) mass is 380 g/mol. The van der Waals surface area contributed by atoms with Crippen molar-refractivity contribution in [2.45, 2.75) is 6.92 Å². The number of morpholine rings is 1. The van der Waals surface area contributed by atoms with Gasteiger partial charge in [-0.1, -0.05) is 0 Å². The Labute approximate surface area is 163 Å². The zero-order valence-corrected chi connectivity index (χ0v) is 16.0. The largest absolute Gasteiger partial charge is 0.378 e. The van der Waals surface area contributed by atoms with Crippen molar-refractivity contribution in [2.24, 2.45) is 0 Å². The van der Waals surface area contributed by atoms with Gasteiger partial charge in [-0.2, -0.15) is 0 Å². The van der Waals surface area contributed by atoms with Crippen molar-refractivity contribution in [1.29, 1.82) is 0 Å². The highest BCUT2D eigenvalue weighted by Gasteiger charge is 2.22. The summed E-state index contributed by atoms with van der Waals surface area (Å²) >= 11 is 0. The lowest BCUT2D eigenvalue weighted by Crippen LogP contribution is -2.47. The van der Waals surface area contributed by atoms with Crippen LogP contribution in [0.15, 0.2) is 24.5 Å². The molecule has 2 aliphatic heterocycles. The number of piperazine rings is 1. The van der Waals surface area contributed by atoms with Gasteiger partial charge in [0.25, 0.3) is 0 Å². The fraction of sp³-hybridized carbons (Fsp3) is 0.474. The minimum absolute atomic E-state index is 0.752. The van der Waals surface area contributed by atoms with Crippen LogP contribution in [0.25, 0.3) is 11.0 Å². The first-order chi connectivity index (χ1) is 13.8. The number of anilines is 3. The summed E-state index contributed by atoms with van der Waals surface area (Å²) in [5, 5.41) is 8.91. The van der Waals surface area contributed by atoms with E-state index in [-0.39, 0.29) is 0 Å². The van der Waals surface area contributed by atoms with Crippen LogP contribution in [0, 0.1) is 6.92 Å². The van der Waals surface area contributed by atoms with Gasteiger partial charge in [-0.3, -0.25) is 0 Å². The molecule has 9 heteroatoms. The van der Waals surface area contributed by atoms with E-state index in [1.807, 2.05) is 6.92 Å². The molecule has 0 spiro atoms. The molecule has 146 valence electrons. The highest BCUT2D eigenvalue weighted by atomic mass is 16.5. The van der Waals surface area contributed by atoms with Crippen molar-refractivity contribution in [3.63, 3.8) is 0 Å². The predicted molar refractivity (Wildman–Crippen MR) is 108 cm³/mol. The van der Waals surface area contributed by atoms with Crippen LogP contribution in [0.2, 0.25) is 0 Å². The van der Waals surface area contributed by atoms with Gasteiger partial charge in [-0.05, 0) is 25.1 Å². The summed E-state index contributed by atoms with van der Waals surface area (Å²) in [7, 11) is 0. The van der Waals surface area contributed by atoms with E-state index < -0.39 is 0 Å². The second kappa shape index (κ2) is 7.23. The maximum absolute atomic E-state index is 5.40. The minimum Gasteiger partial charge on any atom is -0.378 e. The highest BCUT2D eigenvalue weighted by molar-refractivity contribution is 5.86. The molecule has 0 atom stereocenters. The van der Waals surface area contributed by atoms with Crippen molar-refractivity contribution in [3.8, 4) is 0 Å². The summed E-state index contributed by atoms with van der Waals surface area (Å²) in [5.41, 5.74) is 3.09. The molecule has 2 saturated heterocycles. The molecule has 5 heterocycles. The normalized spacial score (nSPS) is 18.1. The molecule has 0 radical (unpaired) electrons. The molecule has 2 fully saturated rings. The molecule has 3 aromatic heterocycles. The quantitative estimate of drug-likeness (QED) is 0.726. The molecular weight excluding hydrogens is 356 g/mol. The predicted octanol–water partition coefficient (Wildman–Crippen LogP) is 1.22. The van der Waals surface area contributed by atoms with E-state index >= 15 is 0 Å². The second-order valence-electron chi connectivity index (χ2n) is 7.23. The minimum atomic E-state index is 0.752. The van der Waals surface area contributed by atoms with Crippen LogP contribution in [-0.2, 0) is 4.74 Å². The van der Waals surface area contributed by atoms with Crippen LogP contribution in [0.1, 0.15) is 5.69 Å². The Morgan fingerprint density at radius 2 is 1.50 bits per heavy atom. The average Bonchev–Trinajstić information content (AvgIpc) is 3.15. The van der Waals surface area contributed by atoms with Gasteiger partial charge in [-0.15, -0.1) is 10.2 Å². The van der Waals surface area contributed by atoms with Gasteiger partial charge in [-0.25, -0.2) is 9.97 Å². The number of aryl methyl sites for hydroxylation is 1. The topological polar surface area (TPSA) is 86.3 Å². The summed E-state index contributed by atoms with van der Waals surface area (Å²) < 4.78 is 5.40. The first kappa shape index (κ1) is 17.2. The van der Waals surface area contributed by atoms with Crippen molar-refractivity contribution >= 4 is 28.5 Å².